The van der Waals surface area contributed by atoms with E-state index in [0.717, 1.165) is 4.68 Å². The van der Waals surface area contributed by atoms with Gasteiger partial charge < -0.3 is 4.74 Å². The fourth-order valence-corrected chi connectivity index (χ4v) is 3.28. The Hall–Kier alpha value is -4.53. The van der Waals surface area contributed by atoms with Crippen molar-refractivity contribution in [2.75, 3.05) is 12.5 Å². The topological polar surface area (TPSA) is 116 Å². The van der Waals surface area contributed by atoms with E-state index in [1.54, 1.807) is 48.5 Å². The van der Waals surface area contributed by atoms with E-state index in [1.807, 2.05) is 0 Å². The number of non-ortho nitro benzene ring substituents is 1. The first-order valence-corrected chi connectivity index (χ1v) is 9.65. The van der Waals surface area contributed by atoms with Crippen LogP contribution < -0.4 is 15.7 Å². The van der Waals surface area contributed by atoms with Crippen LogP contribution in [0.15, 0.2) is 77.6 Å². The van der Waals surface area contributed by atoms with Crippen LogP contribution in [0.4, 0.5) is 5.69 Å². The van der Waals surface area contributed by atoms with E-state index in [4.69, 9.17) is 4.74 Å². The molecule has 0 unspecified atom stereocenters. The fourth-order valence-electron chi connectivity index (χ4n) is 3.28. The first kappa shape index (κ1) is 20.7. The third-order valence-electron chi connectivity index (χ3n) is 4.85. The van der Waals surface area contributed by atoms with Crippen LogP contribution in [-0.4, -0.2) is 27.6 Å². The van der Waals surface area contributed by atoms with Crippen molar-refractivity contribution in [2.45, 2.75) is 6.42 Å². The maximum absolute atomic E-state index is 13.2. The molecular weight excluding hydrogens is 412 g/mol. The molecule has 9 heteroatoms. The monoisotopic (exact) mass is 430 g/mol. The van der Waals surface area contributed by atoms with Crippen LogP contribution in [0, 0.1) is 10.1 Å². The summed E-state index contributed by atoms with van der Waals surface area (Å²) in [5.74, 6) is 0.362. The highest BCUT2D eigenvalue weighted by Gasteiger charge is 2.16. The van der Waals surface area contributed by atoms with Crippen molar-refractivity contribution in [3.8, 4) is 17.1 Å². The smallest absolute Gasteiger partial charge is 0.280 e. The van der Waals surface area contributed by atoms with Crippen LogP contribution in [-0.2, 0) is 11.2 Å². The average molecular weight is 430 g/mol. The molecule has 0 radical (unpaired) electrons. The number of fused-ring (bicyclic) bond motifs is 1. The Bertz CT molecular complexity index is 1380. The van der Waals surface area contributed by atoms with Crippen LogP contribution in [0.25, 0.3) is 22.3 Å². The van der Waals surface area contributed by atoms with E-state index >= 15 is 0 Å². The number of methoxy groups -OCH3 is 1. The largest absolute Gasteiger partial charge is 0.497 e. The molecule has 0 atom stereocenters. The third kappa shape index (κ3) is 4.17. The zero-order valence-electron chi connectivity index (χ0n) is 17.0. The Balaban J connectivity index is 1.73. The lowest BCUT2D eigenvalue weighted by Crippen LogP contribution is -2.35. The third-order valence-corrected chi connectivity index (χ3v) is 4.85. The van der Waals surface area contributed by atoms with Crippen LogP contribution >= 0.6 is 0 Å². The Labute approximate surface area is 182 Å². The Morgan fingerprint density at radius 2 is 1.84 bits per heavy atom. The highest BCUT2D eigenvalue weighted by Crippen LogP contribution is 2.23. The molecule has 0 saturated heterocycles. The fraction of sp³-hybridized carbons (Fsp3) is 0.0870. The normalized spacial score (nSPS) is 10.7. The van der Waals surface area contributed by atoms with Gasteiger partial charge in [-0.15, -0.1) is 0 Å². The number of nitrogens with one attached hydrogen (secondary N) is 1. The van der Waals surface area contributed by atoms with E-state index in [0.29, 0.717) is 27.8 Å². The van der Waals surface area contributed by atoms with Gasteiger partial charge in [-0.1, -0.05) is 36.4 Å². The lowest BCUT2D eigenvalue weighted by Gasteiger charge is -2.15. The summed E-state index contributed by atoms with van der Waals surface area (Å²) in [4.78, 5) is 40.8. The molecule has 0 aliphatic carbocycles. The molecule has 3 aromatic carbocycles. The molecule has 32 heavy (non-hydrogen) atoms. The number of benzene rings is 3. The first-order valence-electron chi connectivity index (χ1n) is 9.65. The van der Waals surface area contributed by atoms with Gasteiger partial charge in [-0.05, 0) is 29.8 Å². The minimum absolute atomic E-state index is 0.0654. The quantitative estimate of drug-likeness (QED) is 0.371. The number of hydrogen-bond donors (Lipinski definition) is 1. The van der Waals surface area contributed by atoms with Gasteiger partial charge in [-0.2, -0.15) is 4.68 Å². The van der Waals surface area contributed by atoms with E-state index in [9.17, 15) is 19.7 Å². The molecule has 4 aromatic rings. The van der Waals surface area contributed by atoms with Gasteiger partial charge in [0.2, 0.25) is 5.91 Å². The van der Waals surface area contributed by atoms with Crippen molar-refractivity contribution < 1.29 is 14.5 Å². The summed E-state index contributed by atoms with van der Waals surface area (Å²) < 4.78 is 6.39. The molecule has 1 heterocycles. The second-order valence-corrected chi connectivity index (χ2v) is 6.96. The van der Waals surface area contributed by atoms with E-state index in [2.05, 4.69) is 10.4 Å². The van der Waals surface area contributed by atoms with Crippen LogP contribution in [0.1, 0.15) is 5.56 Å². The number of amides is 1. The zero-order chi connectivity index (χ0) is 22.7. The van der Waals surface area contributed by atoms with Gasteiger partial charge >= 0.3 is 0 Å². The highest BCUT2D eigenvalue weighted by molar-refractivity contribution is 5.87. The second kappa shape index (κ2) is 8.68. The van der Waals surface area contributed by atoms with Crippen molar-refractivity contribution in [1.29, 1.82) is 0 Å². The van der Waals surface area contributed by atoms with E-state index in [1.165, 1.54) is 31.4 Å². The summed E-state index contributed by atoms with van der Waals surface area (Å²) in [7, 11) is 1.53. The number of para-hydroxylation sites is 1. The highest BCUT2D eigenvalue weighted by atomic mass is 16.6. The maximum atomic E-state index is 13.2. The predicted octanol–water partition coefficient (Wildman–Crippen LogP) is 3.29. The van der Waals surface area contributed by atoms with Gasteiger partial charge in [0.15, 0.2) is 5.82 Å². The maximum Gasteiger partial charge on any atom is 0.280 e. The summed E-state index contributed by atoms with van der Waals surface area (Å²) in [6.45, 7) is 0. The minimum Gasteiger partial charge on any atom is -0.497 e. The van der Waals surface area contributed by atoms with Crippen molar-refractivity contribution >= 4 is 22.5 Å². The molecule has 0 saturated carbocycles. The van der Waals surface area contributed by atoms with Gasteiger partial charge in [0.25, 0.3) is 11.2 Å². The lowest BCUT2D eigenvalue weighted by molar-refractivity contribution is -0.384. The predicted molar refractivity (Wildman–Crippen MR) is 119 cm³/mol. The van der Waals surface area contributed by atoms with Crippen molar-refractivity contribution in [2.24, 2.45) is 0 Å². The zero-order valence-corrected chi connectivity index (χ0v) is 17.0. The van der Waals surface area contributed by atoms with E-state index in [-0.39, 0.29) is 17.9 Å². The molecule has 1 amide bonds. The summed E-state index contributed by atoms with van der Waals surface area (Å²) in [6, 6.07) is 19.5. The summed E-state index contributed by atoms with van der Waals surface area (Å²) in [5, 5.41) is 11.2. The van der Waals surface area contributed by atoms with E-state index < -0.39 is 16.4 Å². The number of carbonyl (C=O) groups is 1. The molecule has 0 bridgehead atoms. The Kier molecular flexibility index (Phi) is 5.63. The second-order valence-electron chi connectivity index (χ2n) is 6.96. The molecule has 4 rings (SSSR count). The Morgan fingerprint density at radius 3 is 2.56 bits per heavy atom. The molecule has 9 nitrogen and oxygen atoms in total. The molecule has 1 aromatic heterocycles. The number of aromatic nitrogens is 2. The van der Waals surface area contributed by atoms with Crippen LogP contribution in [0.5, 0.6) is 5.75 Å². The number of carbonyl (C=O) groups excluding carboxylic acids is 1. The number of hydrogen-bond acceptors (Lipinski definition) is 6. The minimum atomic E-state index is -0.509. The average Bonchev–Trinajstić information content (AvgIpc) is 2.81. The van der Waals surface area contributed by atoms with Crippen molar-refractivity contribution in [3.63, 3.8) is 0 Å². The number of ether oxygens (including phenoxy) is 1. The number of nitro groups is 1. The van der Waals surface area contributed by atoms with Gasteiger partial charge in [0.05, 0.1) is 29.4 Å². The van der Waals surface area contributed by atoms with Gasteiger partial charge in [-0.3, -0.25) is 25.1 Å². The van der Waals surface area contributed by atoms with Gasteiger partial charge in [0, 0.05) is 17.7 Å². The standard InChI is InChI=1S/C23H18N4O5/c1-32-18-6-4-5-16(14-18)22-24-20-8-3-2-7-19(20)23(29)26(22)25-21(28)13-15-9-11-17(12-10-15)27(30)31/h2-12,14H,13H2,1H3,(H,25,28). The lowest BCUT2D eigenvalue weighted by atomic mass is 10.1. The molecule has 0 aliphatic rings. The van der Waals surface area contributed by atoms with Crippen LogP contribution in [0.3, 0.4) is 0 Å². The number of nitrogens with zero attached hydrogens (tertiary/aromatic N) is 3. The SMILES string of the molecule is COc1cccc(-c2nc3ccccc3c(=O)n2NC(=O)Cc2ccc([N+](=O)[O-])cc2)c1. The summed E-state index contributed by atoms with van der Waals surface area (Å²) >= 11 is 0. The first-order chi connectivity index (χ1) is 15.5. The number of rotatable bonds is 6. The van der Waals surface area contributed by atoms with Crippen molar-refractivity contribution in [3.05, 3.63) is 98.8 Å². The van der Waals surface area contributed by atoms with Gasteiger partial charge in [-0.25, -0.2) is 4.98 Å². The molecule has 160 valence electrons. The molecule has 0 aliphatic heterocycles. The molecule has 0 spiro atoms. The number of nitro benzene ring substituents is 1. The molecule has 0 fully saturated rings. The summed E-state index contributed by atoms with van der Waals surface area (Å²) in [5.41, 5.74) is 3.78. The van der Waals surface area contributed by atoms with Gasteiger partial charge in [0.1, 0.15) is 5.75 Å². The Morgan fingerprint density at radius 1 is 1.09 bits per heavy atom. The van der Waals surface area contributed by atoms with Crippen LogP contribution in [0.2, 0.25) is 0 Å². The molecule has 1 N–H and O–H groups in total. The van der Waals surface area contributed by atoms with Crippen molar-refractivity contribution in [1.82, 2.24) is 9.66 Å². The molecular formula is C23H18N4O5. The summed E-state index contributed by atoms with van der Waals surface area (Å²) in [6.07, 6.45) is -0.0746.